The van der Waals surface area contributed by atoms with Crippen LogP contribution in [0, 0.1) is 0 Å². The molecule has 0 radical (unpaired) electrons. The maximum atomic E-state index is 10.7. The van der Waals surface area contributed by atoms with Crippen LogP contribution in [-0.2, 0) is 4.79 Å². The van der Waals surface area contributed by atoms with E-state index in [-0.39, 0.29) is 5.91 Å². The van der Waals surface area contributed by atoms with Gasteiger partial charge in [0.25, 0.3) is 5.91 Å². The highest BCUT2D eigenvalue weighted by Gasteiger charge is 2.03. The molecule has 0 saturated heterocycles. The Hall–Kier alpha value is -1.52. The normalized spacial score (nSPS) is 9.64. The molecule has 0 bridgehead atoms. The zero-order valence-electron chi connectivity index (χ0n) is 6.50. The first-order valence-electron chi connectivity index (χ1n) is 3.04. The molecule has 0 aliphatic heterocycles. The summed E-state index contributed by atoms with van der Waals surface area (Å²) in [4.78, 5) is 21.1. The van der Waals surface area contributed by atoms with Crippen molar-refractivity contribution < 1.29 is 9.59 Å². The maximum Gasteiger partial charge on any atom is 0.333 e. The van der Waals surface area contributed by atoms with Crippen molar-refractivity contribution in [3.05, 3.63) is 12.2 Å². The Morgan fingerprint density at radius 2 is 2.09 bits per heavy atom. The number of carbonyl (C=O) groups is 2. The highest BCUT2D eigenvalue weighted by molar-refractivity contribution is 5.88. The second-order valence-electron chi connectivity index (χ2n) is 1.87. The monoisotopic (exact) mass is 157 g/mol. The number of primary amides is 1. The molecule has 3 N–H and O–H groups in total. The Bertz CT molecular complexity index is 188. The molecule has 0 spiro atoms. The summed E-state index contributed by atoms with van der Waals surface area (Å²) in [6.07, 6.45) is 2.85. The molecule has 0 fully saturated rings. The number of nitrogens with zero attached hydrogens (tertiary/aromatic N) is 1. The van der Waals surface area contributed by atoms with Crippen molar-refractivity contribution in [2.24, 2.45) is 5.73 Å². The minimum absolute atomic E-state index is 0.381. The van der Waals surface area contributed by atoms with Crippen LogP contribution < -0.4 is 11.2 Å². The first-order chi connectivity index (χ1) is 5.07. The highest BCUT2D eigenvalue weighted by Crippen LogP contribution is 1.76. The molecule has 0 aliphatic carbocycles. The number of hydrogen-bond donors (Lipinski definition) is 2. The minimum Gasteiger partial charge on any atom is -0.350 e. The van der Waals surface area contributed by atoms with Crippen LogP contribution in [0.25, 0.3) is 0 Å². The quantitative estimate of drug-likeness (QED) is 0.401. The summed E-state index contributed by atoms with van der Waals surface area (Å²) in [5.41, 5.74) is 7.04. The number of hydrazine groups is 1. The van der Waals surface area contributed by atoms with Gasteiger partial charge in [-0.25, -0.2) is 9.80 Å². The van der Waals surface area contributed by atoms with Gasteiger partial charge in [-0.3, -0.25) is 10.2 Å². The van der Waals surface area contributed by atoms with Crippen LogP contribution in [0.5, 0.6) is 0 Å². The van der Waals surface area contributed by atoms with E-state index in [2.05, 4.69) is 5.43 Å². The van der Waals surface area contributed by atoms with E-state index >= 15 is 0 Å². The van der Waals surface area contributed by atoms with Gasteiger partial charge < -0.3 is 5.73 Å². The lowest BCUT2D eigenvalue weighted by Crippen LogP contribution is -2.45. The molecular weight excluding hydrogens is 146 g/mol. The Morgan fingerprint density at radius 1 is 1.55 bits per heavy atom. The second-order valence-corrected chi connectivity index (χ2v) is 1.87. The highest BCUT2D eigenvalue weighted by atomic mass is 16.2. The molecule has 0 atom stereocenters. The van der Waals surface area contributed by atoms with Gasteiger partial charge in [-0.05, 0) is 6.92 Å². The lowest BCUT2D eigenvalue weighted by molar-refractivity contribution is -0.119. The summed E-state index contributed by atoms with van der Waals surface area (Å²) < 4.78 is 0. The van der Waals surface area contributed by atoms with E-state index in [0.717, 1.165) is 5.01 Å². The van der Waals surface area contributed by atoms with E-state index < -0.39 is 6.03 Å². The molecule has 5 heteroatoms. The van der Waals surface area contributed by atoms with Crippen LogP contribution >= 0.6 is 0 Å². The van der Waals surface area contributed by atoms with Crippen molar-refractivity contribution in [3.8, 4) is 0 Å². The number of amides is 3. The van der Waals surface area contributed by atoms with Crippen molar-refractivity contribution in [3.63, 3.8) is 0 Å². The molecule has 11 heavy (non-hydrogen) atoms. The van der Waals surface area contributed by atoms with Gasteiger partial charge in [0.1, 0.15) is 0 Å². The van der Waals surface area contributed by atoms with Gasteiger partial charge in [-0.2, -0.15) is 0 Å². The second kappa shape index (κ2) is 4.32. The summed E-state index contributed by atoms with van der Waals surface area (Å²) in [5, 5.41) is 0.905. The van der Waals surface area contributed by atoms with Crippen LogP contribution in [0.1, 0.15) is 6.92 Å². The fourth-order valence-electron chi connectivity index (χ4n) is 0.409. The molecule has 0 rings (SSSR count). The lowest BCUT2D eigenvalue weighted by Gasteiger charge is -2.13. The molecule has 3 amide bonds. The number of hydrogen-bond acceptors (Lipinski definition) is 2. The predicted octanol–water partition coefficient (Wildman–Crippen LogP) is -0.396. The fraction of sp³-hybridized carbons (Fsp3) is 0.333. The molecule has 0 aromatic heterocycles. The number of rotatable bonds is 1. The van der Waals surface area contributed by atoms with Crippen molar-refractivity contribution in [1.29, 1.82) is 0 Å². The minimum atomic E-state index is -0.706. The van der Waals surface area contributed by atoms with Gasteiger partial charge in [0, 0.05) is 13.1 Å². The molecule has 0 aliphatic rings. The third kappa shape index (κ3) is 3.96. The van der Waals surface area contributed by atoms with Gasteiger partial charge in [0.05, 0.1) is 0 Å². The number of carbonyl (C=O) groups excluding carboxylic acids is 2. The van der Waals surface area contributed by atoms with Crippen molar-refractivity contribution in [2.75, 3.05) is 7.05 Å². The number of nitrogens with two attached hydrogens (primary N) is 1. The van der Waals surface area contributed by atoms with Gasteiger partial charge in [-0.1, -0.05) is 6.08 Å². The van der Waals surface area contributed by atoms with E-state index in [4.69, 9.17) is 5.73 Å². The van der Waals surface area contributed by atoms with Crippen molar-refractivity contribution >= 4 is 11.9 Å². The fourth-order valence-corrected chi connectivity index (χ4v) is 0.409. The Morgan fingerprint density at radius 3 is 2.45 bits per heavy atom. The average Bonchev–Trinajstić information content (AvgIpc) is 1.87. The van der Waals surface area contributed by atoms with Crippen LogP contribution in [0.2, 0.25) is 0 Å². The van der Waals surface area contributed by atoms with Gasteiger partial charge in [0.15, 0.2) is 0 Å². The van der Waals surface area contributed by atoms with Crippen LogP contribution in [0.3, 0.4) is 0 Å². The molecular formula is C6H11N3O2. The zero-order valence-corrected chi connectivity index (χ0v) is 6.50. The maximum absolute atomic E-state index is 10.7. The third-order valence-corrected chi connectivity index (χ3v) is 0.927. The number of allylic oxidation sites excluding steroid dienone is 1. The first-order valence-corrected chi connectivity index (χ1v) is 3.04. The Balaban J connectivity index is 3.85. The third-order valence-electron chi connectivity index (χ3n) is 0.927. The Kier molecular flexibility index (Phi) is 3.72. The van der Waals surface area contributed by atoms with E-state index in [1.807, 2.05) is 0 Å². The van der Waals surface area contributed by atoms with Crippen molar-refractivity contribution in [1.82, 2.24) is 10.4 Å². The van der Waals surface area contributed by atoms with E-state index in [9.17, 15) is 9.59 Å². The van der Waals surface area contributed by atoms with E-state index in [0.29, 0.717) is 0 Å². The van der Waals surface area contributed by atoms with Gasteiger partial charge in [-0.15, -0.1) is 0 Å². The van der Waals surface area contributed by atoms with Gasteiger partial charge in [0.2, 0.25) is 0 Å². The topological polar surface area (TPSA) is 75.4 Å². The standard InChI is InChI=1S/C6H11N3O2/c1-3-4-5(10)8-9(2)6(7)11/h3-4H,1-2H3,(H2,7,11)(H,8,10)/b4-3+. The molecule has 5 nitrogen and oxygen atoms in total. The molecule has 62 valence electrons. The predicted molar refractivity (Wildman–Crippen MR) is 40.3 cm³/mol. The van der Waals surface area contributed by atoms with Crippen LogP contribution in [-0.4, -0.2) is 24.0 Å². The zero-order chi connectivity index (χ0) is 8.85. The number of nitrogens with one attached hydrogen (secondary N) is 1. The summed E-state index contributed by atoms with van der Waals surface area (Å²) in [6.45, 7) is 1.70. The largest absolute Gasteiger partial charge is 0.350 e. The van der Waals surface area contributed by atoms with Crippen molar-refractivity contribution in [2.45, 2.75) is 6.92 Å². The summed E-state index contributed by atoms with van der Waals surface area (Å²) in [6, 6.07) is -0.706. The summed E-state index contributed by atoms with van der Waals surface area (Å²) >= 11 is 0. The average molecular weight is 157 g/mol. The molecule has 0 aromatic carbocycles. The molecule has 0 unspecified atom stereocenters. The van der Waals surface area contributed by atoms with E-state index in [1.54, 1.807) is 13.0 Å². The summed E-state index contributed by atoms with van der Waals surface area (Å²) in [5.74, 6) is -0.381. The van der Waals surface area contributed by atoms with E-state index in [1.165, 1.54) is 13.1 Å². The first kappa shape index (κ1) is 9.48. The van der Waals surface area contributed by atoms with Crippen LogP contribution in [0.4, 0.5) is 4.79 Å². The van der Waals surface area contributed by atoms with Gasteiger partial charge >= 0.3 is 6.03 Å². The smallest absolute Gasteiger partial charge is 0.333 e. The Labute approximate surface area is 64.8 Å². The molecule has 0 saturated carbocycles. The lowest BCUT2D eigenvalue weighted by atomic mass is 10.5. The molecule has 0 heterocycles. The summed E-state index contributed by atoms with van der Waals surface area (Å²) in [7, 11) is 1.36. The van der Waals surface area contributed by atoms with Crippen LogP contribution in [0.15, 0.2) is 12.2 Å². The molecule has 0 aromatic rings. The number of urea groups is 1. The SMILES string of the molecule is C/C=C/C(=O)NN(C)C(N)=O.